The molecular weight excluding hydrogens is 179 g/mol. The van der Waals surface area contributed by atoms with E-state index in [1.807, 2.05) is 0 Å². The molecule has 0 fully saturated rings. The van der Waals surface area contributed by atoms with Gasteiger partial charge in [-0.15, -0.1) is 0 Å². The molecule has 1 aromatic rings. The molecule has 72 valence electrons. The number of hydrogen-bond donors (Lipinski definition) is 1. The molecule has 0 aliphatic heterocycles. The minimum absolute atomic E-state index is 0.0674. The first-order valence-electron chi connectivity index (χ1n) is 3.89. The average Bonchev–Trinajstić information content (AvgIpc) is 1.96. The number of benzene rings is 1. The van der Waals surface area contributed by atoms with E-state index in [9.17, 15) is 13.2 Å². The number of hydrogen-bond acceptors (Lipinski definition) is 1. The molecule has 0 aromatic heterocycles. The van der Waals surface area contributed by atoms with Gasteiger partial charge < -0.3 is 5.73 Å². The van der Waals surface area contributed by atoms with E-state index >= 15 is 0 Å². The third-order valence-electron chi connectivity index (χ3n) is 1.63. The van der Waals surface area contributed by atoms with Crippen molar-refractivity contribution in [2.45, 2.75) is 19.4 Å². The van der Waals surface area contributed by atoms with Gasteiger partial charge in [0.1, 0.15) is 17.5 Å². The molecule has 0 radical (unpaired) electrons. The van der Waals surface area contributed by atoms with Crippen LogP contribution in [0.4, 0.5) is 13.2 Å². The van der Waals surface area contributed by atoms with Crippen molar-refractivity contribution in [3.8, 4) is 0 Å². The predicted molar refractivity (Wildman–Crippen MR) is 43.7 cm³/mol. The van der Waals surface area contributed by atoms with Crippen molar-refractivity contribution in [1.82, 2.24) is 0 Å². The Kier molecular flexibility index (Phi) is 2.93. The van der Waals surface area contributed by atoms with Gasteiger partial charge in [-0.05, 0) is 13.3 Å². The van der Waals surface area contributed by atoms with Crippen molar-refractivity contribution in [3.63, 3.8) is 0 Å². The summed E-state index contributed by atoms with van der Waals surface area (Å²) in [5.74, 6) is -2.67. The van der Waals surface area contributed by atoms with Crippen LogP contribution in [0.25, 0.3) is 0 Å². The van der Waals surface area contributed by atoms with Gasteiger partial charge in [0.25, 0.3) is 0 Å². The molecule has 2 N–H and O–H groups in total. The Morgan fingerprint density at radius 1 is 1.23 bits per heavy atom. The maximum Gasteiger partial charge on any atom is 0.132 e. The summed E-state index contributed by atoms with van der Waals surface area (Å²) >= 11 is 0. The number of rotatable bonds is 2. The highest BCUT2D eigenvalue weighted by molar-refractivity contribution is 5.21. The van der Waals surface area contributed by atoms with Gasteiger partial charge >= 0.3 is 0 Å². The van der Waals surface area contributed by atoms with Gasteiger partial charge in [0.2, 0.25) is 0 Å². The molecule has 0 unspecified atom stereocenters. The molecule has 0 aliphatic rings. The van der Waals surface area contributed by atoms with E-state index in [2.05, 4.69) is 0 Å². The van der Waals surface area contributed by atoms with Crippen LogP contribution in [0.5, 0.6) is 0 Å². The fourth-order valence-electron chi connectivity index (χ4n) is 1.09. The van der Waals surface area contributed by atoms with Crippen molar-refractivity contribution >= 4 is 0 Å². The molecular formula is C9H10F3N. The molecule has 0 heterocycles. The summed E-state index contributed by atoms with van der Waals surface area (Å²) in [6.45, 7) is 1.63. The SMILES string of the molecule is C[C@H](N)Cc1c(F)cc(F)cc1F. The Balaban J connectivity index is 3.06. The predicted octanol–water partition coefficient (Wildman–Crippen LogP) is 1.99. The van der Waals surface area contributed by atoms with Crippen LogP contribution in [0.1, 0.15) is 12.5 Å². The van der Waals surface area contributed by atoms with E-state index in [-0.39, 0.29) is 18.0 Å². The van der Waals surface area contributed by atoms with Crippen LogP contribution < -0.4 is 5.73 Å². The molecule has 0 amide bonds. The summed E-state index contributed by atoms with van der Waals surface area (Å²) in [6, 6.07) is 0.955. The highest BCUT2D eigenvalue weighted by Crippen LogP contribution is 2.15. The standard InChI is InChI=1S/C9H10F3N/c1-5(13)2-7-8(11)3-6(10)4-9(7)12/h3-5H,2,13H2,1H3/t5-/m0/s1. The van der Waals surface area contributed by atoms with Crippen LogP contribution in [0, 0.1) is 17.5 Å². The van der Waals surface area contributed by atoms with E-state index in [1.165, 1.54) is 0 Å². The lowest BCUT2D eigenvalue weighted by Crippen LogP contribution is -2.19. The van der Waals surface area contributed by atoms with E-state index in [0.29, 0.717) is 12.1 Å². The van der Waals surface area contributed by atoms with Crippen LogP contribution in [-0.4, -0.2) is 6.04 Å². The second-order valence-electron chi connectivity index (χ2n) is 3.03. The largest absolute Gasteiger partial charge is 0.328 e. The molecule has 4 heteroatoms. The minimum Gasteiger partial charge on any atom is -0.328 e. The zero-order valence-corrected chi connectivity index (χ0v) is 7.15. The Morgan fingerprint density at radius 3 is 2.08 bits per heavy atom. The monoisotopic (exact) mass is 189 g/mol. The lowest BCUT2D eigenvalue weighted by Gasteiger charge is -2.07. The summed E-state index contributed by atoms with van der Waals surface area (Å²) < 4.78 is 38.3. The molecule has 0 aliphatic carbocycles. The second kappa shape index (κ2) is 3.79. The molecule has 1 rings (SSSR count). The lowest BCUT2D eigenvalue weighted by molar-refractivity contribution is 0.515. The van der Waals surface area contributed by atoms with E-state index in [4.69, 9.17) is 5.73 Å². The molecule has 0 saturated heterocycles. The van der Waals surface area contributed by atoms with Crippen LogP contribution in [-0.2, 0) is 6.42 Å². The first-order chi connectivity index (χ1) is 6.00. The summed E-state index contributed by atoms with van der Waals surface area (Å²) in [5, 5.41) is 0. The first kappa shape index (κ1) is 10.1. The highest BCUT2D eigenvalue weighted by Gasteiger charge is 2.12. The Labute approximate surface area is 74.4 Å². The summed E-state index contributed by atoms with van der Waals surface area (Å²) in [7, 11) is 0. The van der Waals surface area contributed by atoms with Crippen molar-refractivity contribution in [2.75, 3.05) is 0 Å². The number of nitrogens with two attached hydrogens (primary N) is 1. The Bertz CT molecular complexity index is 287. The quantitative estimate of drug-likeness (QED) is 0.756. The second-order valence-corrected chi connectivity index (χ2v) is 3.03. The van der Waals surface area contributed by atoms with Crippen molar-refractivity contribution in [3.05, 3.63) is 35.1 Å². The Morgan fingerprint density at radius 2 is 1.69 bits per heavy atom. The lowest BCUT2D eigenvalue weighted by atomic mass is 10.1. The molecule has 13 heavy (non-hydrogen) atoms. The van der Waals surface area contributed by atoms with E-state index in [1.54, 1.807) is 6.92 Å². The van der Waals surface area contributed by atoms with Gasteiger partial charge in [0.05, 0.1) is 0 Å². The molecule has 1 aromatic carbocycles. The Hall–Kier alpha value is -1.03. The zero-order chi connectivity index (χ0) is 10.0. The molecule has 0 saturated carbocycles. The topological polar surface area (TPSA) is 26.0 Å². The zero-order valence-electron chi connectivity index (χ0n) is 7.15. The van der Waals surface area contributed by atoms with E-state index in [0.717, 1.165) is 0 Å². The molecule has 0 bridgehead atoms. The number of halogens is 3. The van der Waals surface area contributed by atoms with Crippen LogP contribution in [0.3, 0.4) is 0 Å². The summed E-state index contributed by atoms with van der Waals surface area (Å²) in [6.07, 6.45) is 0.0674. The summed E-state index contributed by atoms with van der Waals surface area (Å²) in [4.78, 5) is 0. The van der Waals surface area contributed by atoms with Gasteiger partial charge in [-0.2, -0.15) is 0 Å². The third-order valence-corrected chi connectivity index (χ3v) is 1.63. The maximum atomic E-state index is 12.9. The van der Waals surface area contributed by atoms with E-state index < -0.39 is 17.5 Å². The highest BCUT2D eigenvalue weighted by atomic mass is 19.1. The molecule has 1 nitrogen and oxygen atoms in total. The van der Waals surface area contributed by atoms with Crippen LogP contribution in [0.15, 0.2) is 12.1 Å². The minimum atomic E-state index is -0.913. The van der Waals surface area contributed by atoms with Gasteiger partial charge in [-0.3, -0.25) is 0 Å². The molecule has 1 atom stereocenters. The maximum absolute atomic E-state index is 12.9. The van der Waals surface area contributed by atoms with Crippen molar-refractivity contribution in [2.24, 2.45) is 5.73 Å². The van der Waals surface area contributed by atoms with Crippen molar-refractivity contribution < 1.29 is 13.2 Å². The van der Waals surface area contributed by atoms with Crippen LogP contribution >= 0.6 is 0 Å². The first-order valence-corrected chi connectivity index (χ1v) is 3.89. The molecule has 0 spiro atoms. The normalized spacial score (nSPS) is 13.0. The smallest absolute Gasteiger partial charge is 0.132 e. The summed E-state index contributed by atoms with van der Waals surface area (Å²) in [5.41, 5.74) is 5.22. The van der Waals surface area contributed by atoms with Crippen LogP contribution in [0.2, 0.25) is 0 Å². The van der Waals surface area contributed by atoms with Gasteiger partial charge in [-0.1, -0.05) is 0 Å². The van der Waals surface area contributed by atoms with Gasteiger partial charge in [-0.25, -0.2) is 13.2 Å². The van der Waals surface area contributed by atoms with Crippen molar-refractivity contribution in [1.29, 1.82) is 0 Å². The average molecular weight is 189 g/mol. The third kappa shape index (κ3) is 2.45. The fourth-order valence-corrected chi connectivity index (χ4v) is 1.09. The van der Waals surface area contributed by atoms with Gasteiger partial charge in [0.15, 0.2) is 0 Å². The fraction of sp³-hybridized carbons (Fsp3) is 0.333. The van der Waals surface area contributed by atoms with Gasteiger partial charge in [0, 0.05) is 23.7 Å².